The Bertz CT molecular complexity index is 689. The number of aromatic nitrogens is 1. The van der Waals surface area contributed by atoms with Crippen LogP contribution in [0.1, 0.15) is 22.7 Å². The third kappa shape index (κ3) is 3.26. The zero-order valence-corrected chi connectivity index (χ0v) is 12.6. The number of amides is 1. The van der Waals surface area contributed by atoms with Crippen LogP contribution in [0.4, 0.5) is 0 Å². The highest BCUT2D eigenvalue weighted by Gasteiger charge is 2.18. The second-order valence-corrected chi connectivity index (χ2v) is 5.30. The topological polar surface area (TPSA) is 67.2 Å². The van der Waals surface area contributed by atoms with Crippen LogP contribution in [0.2, 0.25) is 0 Å². The molecule has 0 aliphatic carbocycles. The van der Waals surface area contributed by atoms with Crippen molar-refractivity contribution in [3.05, 3.63) is 53.4 Å². The standard InChI is InChI=1S/C17H19N3O2/c1-12-15(16(21)19-11-13-7-9-18-10-8-13)22-17(20-12)14-5-3-2-4-6-14/h2-7,18H,8-11H2,1H3,(H,19,21). The molecule has 1 aliphatic rings. The number of aryl methyl sites for hydroxylation is 1. The first-order chi connectivity index (χ1) is 10.7. The van der Waals surface area contributed by atoms with Gasteiger partial charge in [-0.05, 0) is 32.0 Å². The van der Waals surface area contributed by atoms with Crippen LogP contribution in [0.15, 0.2) is 46.4 Å². The summed E-state index contributed by atoms with van der Waals surface area (Å²) >= 11 is 0. The zero-order valence-electron chi connectivity index (χ0n) is 12.6. The number of rotatable bonds is 4. The molecule has 1 amide bonds. The Morgan fingerprint density at radius 3 is 2.91 bits per heavy atom. The van der Waals surface area contributed by atoms with Crippen molar-refractivity contribution >= 4 is 5.91 Å². The van der Waals surface area contributed by atoms with Gasteiger partial charge >= 0.3 is 0 Å². The molecule has 0 bridgehead atoms. The predicted molar refractivity (Wildman–Crippen MR) is 84.6 cm³/mol. The first kappa shape index (κ1) is 14.5. The molecular formula is C17H19N3O2. The van der Waals surface area contributed by atoms with E-state index in [1.54, 1.807) is 6.92 Å². The van der Waals surface area contributed by atoms with E-state index in [1.165, 1.54) is 5.57 Å². The maximum Gasteiger partial charge on any atom is 0.289 e. The molecule has 1 aliphatic heterocycles. The molecule has 2 heterocycles. The highest BCUT2D eigenvalue weighted by molar-refractivity contribution is 5.93. The van der Waals surface area contributed by atoms with E-state index in [9.17, 15) is 4.79 Å². The minimum atomic E-state index is -0.216. The summed E-state index contributed by atoms with van der Waals surface area (Å²) in [6, 6.07) is 9.58. The summed E-state index contributed by atoms with van der Waals surface area (Å²) in [7, 11) is 0. The van der Waals surface area contributed by atoms with Gasteiger partial charge in [-0.2, -0.15) is 0 Å². The zero-order chi connectivity index (χ0) is 15.4. The maximum absolute atomic E-state index is 12.3. The second-order valence-electron chi connectivity index (χ2n) is 5.30. The van der Waals surface area contributed by atoms with Crippen LogP contribution >= 0.6 is 0 Å². The monoisotopic (exact) mass is 297 g/mol. The predicted octanol–water partition coefficient (Wildman–Crippen LogP) is 2.30. The summed E-state index contributed by atoms with van der Waals surface area (Å²) in [6.07, 6.45) is 3.08. The van der Waals surface area contributed by atoms with Crippen molar-refractivity contribution in [2.75, 3.05) is 19.6 Å². The minimum Gasteiger partial charge on any atom is -0.431 e. The molecule has 5 nitrogen and oxygen atoms in total. The van der Waals surface area contributed by atoms with Gasteiger partial charge in [-0.3, -0.25) is 4.79 Å². The van der Waals surface area contributed by atoms with Crippen LogP contribution in [-0.2, 0) is 0 Å². The summed E-state index contributed by atoms with van der Waals surface area (Å²) < 4.78 is 5.65. The van der Waals surface area contributed by atoms with E-state index in [2.05, 4.69) is 21.7 Å². The summed E-state index contributed by atoms with van der Waals surface area (Å²) in [5, 5.41) is 6.15. The molecule has 0 spiro atoms. The minimum absolute atomic E-state index is 0.216. The lowest BCUT2D eigenvalue weighted by Crippen LogP contribution is -2.29. The van der Waals surface area contributed by atoms with Gasteiger partial charge in [-0.25, -0.2) is 4.98 Å². The molecule has 0 atom stereocenters. The molecule has 1 aromatic carbocycles. The molecule has 1 aromatic heterocycles. The molecule has 0 radical (unpaired) electrons. The van der Waals surface area contributed by atoms with Crippen LogP contribution in [0.25, 0.3) is 11.5 Å². The van der Waals surface area contributed by atoms with Crippen molar-refractivity contribution in [3.63, 3.8) is 0 Å². The van der Waals surface area contributed by atoms with E-state index in [0.29, 0.717) is 18.1 Å². The maximum atomic E-state index is 12.3. The molecule has 5 heteroatoms. The molecule has 0 saturated heterocycles. The van der Waals surface area contributed by atoms with Crippen LogP contribution in [-0.4, -0.2) is 30.5 Å². The summed E-state index contributed by atoms with van der Waals surface area (Å²) in [5.41, 5.74) is 2.72. The van der Waals surface area contributed by atoms with Crippen molar-refractivity contribution < 1.29 is 9.21 Å². The van der Waals surface area contributed by atoms with Gasteiger partial charge in [-0.1, -0.05) is 29.8 Å². The van der Waals surface area contributed by atoms with Gasteiger partial charge in [0.2, 0.25) is 11.7 Å². The Kier molecular flexibility index (Phi) is 4.34. The lowest BCUT2D eigenvalue weighted by molar-refractivity contribution is 0.0929. The molecular weight excluding hydrogens is 278 g/mol. The average Bonchev–Trinajstić information content (AvgIpc) is 2.96. The Morgan fingerprint density at radius 1 is 1.36 bits per heavy atom. The van der Waals surface area contributed by atoms with Gasteiger partial charge in [0.15, 0.2) is 0 Å². The normalized spacial score (nSPS) is 14.5. The highest BCUT2D eigenvalue weighted by Crippen LogP contribution is 2.21. The second kappa shape index (κ2) is 6.58. The number of carbonyl (C=O) groups is 1. The smallest absolute Gasteiger partial charge is 0.289 e. The number of hydrogen-bond acceptors (Lipinski definition) is 4. The molecule has 2 aromatic rings. The Labute approximate surface area is 129 Å². The van der Waals surface area contributed by atoms with Gasteiger partial charge < -0.3 is 15.1 Å². The van der Waals surface area contributed by atoms with Crippen LogP contribution < -0.4 is 10.6 Å². The lowest BCUT2D eigenvalue weighted by atomic mass is 10.1. The number of carbonyl (C=O) groups excluding carboxylic acids is 1. The number of benzene rings is 1. The first-order valence-electron chi connectivity index (χ1n) is 7.43. The summed E-state index contributed by atoms with van der Waals surface area (Å²) in [5.74, 6) is 0.546. The average molecular weight is 297 g/mol. The summed E-state index contributed by atoms with van der Waals surface area (Å²) in [4.78, 5) is 16.6. The van der Waals surface area contributed by atoms with Gasteiger partial charge in [0.05, 0.1) is 5.69 Å². The first-order valence-corrected chi connectivity index (χ1v) is 7.43. The van der Waals surface area contributed by atoms with E-state index < -0.39 is 0 Å². The molecule has 2 N–H and O–H groups in total. The molecule has 0 unspecified atom stereocenters. The van der Waals surface area contributed by atoms with Gasteiger partial charge in [0.1, 0.15) is 0 Å². The molecule has 0 fully saturated rings. The lowest BCUT2D eigenvalue weighted by Gasteiger charge is -2.14. The van der Waals surface area contributed by atoms with E-state index in [4.69, 9.17) is 4.42 Å². The molecule has 3 rings (SSSR count). The van der Waals surface area contributed by atoms with Gasteiger partial charge in [0, 0.05) is 18.7 Å². The van der Waals surface area contributed by atoms with E-state index in [0.717, 1.165) is 25.1 Å². The fourth-order valence-electron chi connectivity index (χ4n) is 2.42. The van der Waals surface area contributed by atoms with E-state index >= 15 is 0 Å². The third-order valence-corrected chi connectivity index (χ3v) is 3.66. The third-order valence-electron chi connectivity index (χ3n) is 3.66. The highest BCUT2D eigenvalue weighted by atomic mass is 16.4. The van der Waals surface area contributed by atoms with Crippen molar-refractivity contribution in [3.8, 4) is 11.5 Å². The molecule has 114 valence electrons. The van der Waals surface area contributed by atoms with Crippen molar-refractivity contribution in [1.29, 1.82) is 0 Å². The van der Waals surface area contributed by atoms with Gasteiger partial charge in [-0.15, -0.1) is 0 Å². The van der Waals surface area contributed by atoms with E-state index in [1.807, 2.05) is 30.3 Å². The van der Waals surface area contributed by atoms with Gasteiger partial charge in [0.25, 0.3) is 5.91 Å². The number of nitrogens with zero attached hydrogens (tertiary/aromatic N) is 1. The van der Waals surface area contributed by atoms with Crippen LogP contribution in [0, 0.1) is 6.92 Å². The fourth-order valence-corrected chi connectivity index (χ4v) is 2.42. The quantitative estimate of drug-likeness (QED) is 0.850. The van der Waals surface area contributed by atoms with Crippen molar-refractivity contribution in [2.24, 2.45) is 0 Å². The summed E-state index contributed by atoms with van der Waals surface area (Å²) in [6.45, 7) is 4.17. The van der Waals surface area contributed by atoms with Crippen LogP contribution in [0.3, 0.4) is 0 Å². The Balaban J connectivity index is 1.70. The number of nitrogens with one attached hydrogen (secondary N) is 2. The van der Waals surface area contributed by atoms with Crippen molar-refractivity contribution in [1.82, 2.24) is 15.6 Å². The SMILES string of the molecule is Cc1nc(-c2ccccc2)oc1C(=O)NCC1=CCNCC1. The Morgan fingerprint density at radius 2 is 2.18 bits per heavy atom. The largest absolute Gasteiger partial charge is 0.431 e. The van der Waals surface area contributed by atoms with Crippen LogP contribution in [0.5, 0.6) is 0 Å². The van der Waals surface area contributed by atoms with Crippen molar-refractivity contribution in [2.45, 2.75) is 13.3 Å². The Hall–Kier alpha value is -2.40. The number of oxazole rings is 1. The molecule has 22 heavy (non-hydrogen) atoms. The molecule has 0 saturated carbocycles. The number of hydrogen-bond donors (Lipinski definition) is 2. The van der Waals surface area contributed by atoms with E-state index in [-0.39, 0.29) is 11.7 Å². The fraction of sp³-hybridized carbons (Fsp3) is 0.294.